The third-order valence-electron chi connectivity index (χ3n) is 12.9. The van der Waals surface area contributed by atoms with Crippen molar-refractivity contribution in [3.05, 3.63) is 68.4 Å². The number of carbonyl (C=O) groups is 2. The van der Waals surface area contributed by atoms with E-state index in [9.17, 15) is 20.7 Å². The number of nitrogens with zero attached hydrogens (tertiary/aromatic N) is 6. The summed E-state index contributed by atoms with van der Waals surface area (Å²) in [4.78, 5) is 30.7. The van der Waals surface area contributed by atoms with Crippen LogP contribution in [0.4, 0.5) is 0 Å². The summed E-state index contributed by atoms with van der Waals surface area (Å²) in [6.07, 6.45) is 4.97. The Bertz CT molecular complexity index is 1750. The smallest absolute Gasteiger partial charge is 0.309 e. The van der Waals surface area contributed by atoms with Crippen LogP contribution in [0.5, 0.6) is 23.0 Å². The normalized spacial score (nSPS) is 19.8. The van der Waals surface area contributed by atoms with E-state index in [1.807, 2.05) is 64.1 Å². The van der Waals surface area contributed by atoms with Crippen LogP contribution >= 0.6 is 0 Å². The summed E-state index contributed by atoms with van der Waals surface area (Å²) in [6.45, 7) is 19.1. The van der Waals surface area contributed by atoms with Crippen molar-refractivity contribution in [2.75, 3.05) is 54.9 Å². The highest BCUT2D eigenvalue weighted by Gasteiger charge is 2.42. The van der Waals surface area contributed by atoms with E-state index in [-0.39, 0.29) is 71.7 Å². The van der Waals surface area contributed by atoms with Crippen molar-refractivity contribution < 1.29 is 47.5 Å². The van der Waals surface area contributed by atoms with Gasteiger partial charge < -0.3 is 37.9 Å². The van der Waals surface area contributed by atoms with Gasteiger partial charge in [0.25, 0.3) is 0 Å². The van der Waals surface area contributed by atoms with Gasteiger partial charge in [0, 0.05) is 50.1 Å². The Labute approximate surface area is 393 Å². The van der Waals surface area contributed by atoms with Crippen molar-refractivity contribution in [1.82, 2.24) is 0 Å². The van der Waals surface area contributed by atoms with E-state index >= 15 is 0 Å². The van der Waals surface area contributed by atoms with Gasteiger partial charge in [-0.25, -0.2) is 0 Å². The van der Waals surface area contributed by atoms with E-state index in [1.54, 1.807) is 28.4 Å². The molecule has 0 unspecified atom stereocenters. The standard InChI is InChI=1S/2C25H39N3O5/c2*1-16(2)19(14-21(27-28-26)23-15-20(17(3)4)25(29)33-23)12-18-8-9-22(31-6)24(13-18)32-11-7-10-30-5/h2*8-9,13,16-17,19-21,23H,7,10-12,14-15H2,1-6H3/t2*19-,20-,21-,23-/m00/s1. The van der Waals surface area contributed by atoms with Crippen LogP contribution in [-0.4, -0.2) is 91.1 Å². The van der Waals surface area contributed by atoms with Gasteiger partial charge in [-0.1, -0.05) is 77.8 Å². The van der Waals surface area contributed by atoms with E-state index in [0.29, 0.717) is 86.9 Å². The van der Waals surface area contributed by atoms with Crippen molar-refractivity contribution in [3.63, 3.8) is 0 Å². The monoisotopic (exact) mass is 923 g/mol. The molecule has 16 heteroatoms. The Morgan fingerprint density at radius 3 is 1.26 bits per heavy atom. The molecule has 4 rings (SSSR count). The molecule has 0 aromatic heterocycles. The van der Waals surface area contributed by atoms with Gasteiger partial charge in [-0.05, 0) is 120 Å². The minimum absolute atomic E-state index is 0.136. The maximum Gasteiger partial charge on any atom is 0.309 e. The van der Waals surface area contributed by atoms with Gasteiger partial charge in [-0.2, -0.15) is 0 Å². The average molecular weight is 923 g/mol. The molecule has 0 aliphatic carbocycles. The van der Waals surface area contributed by atoms with Crippen LogP contribution in [0.3, 0.4) is 0 Å². The fourth-order valence-electron chi connectivity index (χ4n) is 8.60. The first kappa shape index (κ1) is 55.4. The second kappa shape index (κ2) is 29.0. The second-order valence-corrected chi connectivity index (χ2v) is 18.9. The average Bonchev–Trinajstić information content (AvgIpc) is 3.88. The van der Waals surface area contributed by atoms with E-state index in [4.69, 9.17) is 37.9 Å². The van der Waals surface area contributed by atoms with Gasteiger partial charge in [0.2, 0.25) is 0 Å². The van der Waals surface area contributed by atoms with Crippen LogP contribution in [0.15, 0.2) is 46.6 Å². The lowest BCUT2D eigenvalue weighted by atomic mass is 9.82. The molecule has 8 atom stereocenters. The highest BCUT2D eigenvalue weighted by Crippen LogP contribution is 2.38. The number of methoxy groups -OCH3 is 4. The van der Waals surface area contributed by atoms with E-state index in [0.717, 1.165) is 36.8 Å². The Morgan fingerprint density at radius 1 is 0.591 bits per heavy atom. The number of hydrogen-bond donors (Lipinski definition) is 0. The van der Waals surface area contributed by atoms with E-state index in [2.05, 4.69) is 47.7 Å². The number of carbonyl (C=O) groups excluding carboxylic acids is 2. The largest absolute Gasteiger partial charge is 0.493 e. The molecule has 0 bridgehead atoms. The van der Waals surface area contributed by atoms with Crippen molar-refractivity contribution >= 4 is 11.9 Å². The lowest BCUT2D eigenvalue weighted by Gasteiger charge is -2.27. The second-order valence-electron chi connectivity index (χ2n) is 18.9. The van der Waals surface area contributed by atoms with Gasteiger partial charge in [0.15, 0.2) is 23.0 Å². The maximum absolute atomic E-state index is 12.3. The predicted molar refractivity (Wildman–Crippen MR) is 255 cm³/mol. The molecule has 2 aliphatic heterocycles. The molecule has 0 N–H and O–H groups in total. The molecule has 16 nitrogen and oxygen atoms in total. The van der Waals surface area contributed by atoms with Crippen LogP contribution in [0, 0.1) is 47.3 Å². The highest BCUT2D eigenvalue weighted by molar-refractivity contribution is 5.75. The fraction of sp³-hybridized carbons (Fsp3) is 0.720. The molecule has 2 aromatic carbocycles. The first-order valence-corrected chi connectivity index (χ1v) is 23.7. The number of azide groups is 2. The predicted octanol–water partition coefficient (Wildman–Crippen LogP) is 11.2. The van der Waals surface area contributed by atoms with Crippen LogP contribution in [0.1, 0.15) is 105 Å². The SMILES string of the molecule is COCCCOc1cc(C[C@@H](C[C@H](N=[N+]=[N-])[C@@H]2C[C@@H](C(C)C)C(=O)O2)C(C)C)ccc1OC.COCCCOc1cc(C[C@@H](C[C@H](N=[N+]=[N-])[C@@H]2C[C@@H](C(C)C)C(=O)O2)C(C)C)ccc1OC. The van der Waals surface area contributed by atoms with Gasteiger partial charge in [0.05, 0.1) is 51.4 Å². The van der Waals surface area contributed by atoms with Crippen molar-refractivity contribution in [1.29, 1.82) is 0 Å². The first-order chi connectivity index (χ1) is 31.6. The summed E-state index contributed by atoms with van der Waals surface area (Å²) >= 11 is 0. The van der Waals surface area contributed by atoms with Crippen molar-refractivity contribution in [3.8, 4) is 23.0 Å². The van der Waals surface area contributed by atoms with Gasteiger partial charge in [-0.3, -0.25) is 9.59 Å². The molecule has 2 aliphatic rings. The number of rotatable bonds is 28. The lowest BCUT2D eigenvalue weighted by Crippen LogP contribution is -2.29. The highest BCUT2D eigenvalue weighted by atomic mass is 16.6. The quantitative estimate of drug-likeness (QED) is 0.0259. The summed E-state index contributed by atoms with van der Waals surface area (Å²) in [6, 6.07) is 11.2. The molecule has 0 spiro atoms. The van der Waals surface area contributed by atoms with Crippen LogP contribution < -0.4 is 18.9 Å². The molecule has 2 aromatic rings. The van der Waals surface area contributed by atoms with Gasteiger partial charge in [-0.15, -0.1) is 0 Å². The lowest BCUT2D eigenvalue weighted by molar-refractivity contribution is -0.146. The van der Waals surface area contributed by atoms with Crippen LogP contribution in [0.25, 0.3) is 20.9 Å². The molecule has 0 saturated carbocycles. The molecule has 2 heterocycles. The van der Waals surface area contributed by atoms with Crippen LogP contribution in [0.2, 0.25) is 0 Å². The Morgan fingerprint density at radius 2 is 0.970 bits per heavy atom. The minimum atomic E-state index is -0.377. The third kappa shape index (κ3) is 17.4. The summed E-state index contributed by atoms with van der Waals surface area (Å²) in [5.74, 6) is 3.79. The topological polar surface area (TPSA) is 205 Å². The van der Waals surface area contributed by atoms with Crippen molar-refractivity contribution in [2.24, 2.45) is 57.6 Å². The zero-order valence-electron chi connectivity index (χ0n) is 41.6. The zero-order chi connectivity index (χ0) is 48.8. The molecule has 0 amide bonds. The maximum atomic E-state index is 12.3. The Balaban J connectivity index is 0.000000350. The summed E-state index contributed by atoms with van der Waals surface area (Å²) < 4.78 is 44.2. The fourth-order valence-corrected chi connectivity index (χ4v) is 8.60. The number of cyclic esters (lactones) is 2. The molecule has 0 radical (unpaired) electrons. The Hall–Kier alpha value is -4.88. The minimum Gasteiger partial charge on any atom is -0.493 e. The van der Waals surface area contributed by atoms with Gasteiger partial charge >= 0.3 is 11.9 Å². The molecular weight excluding hydrogens is 845 g/mol. The first-order valence-electron chi connectivity index (χ1n) is 23.7. The van der Waals surface area contributed by atoms with E-state index < -0.39 is 0 Å². The number of hydrogen-bond acceptors (Lipinski definition) is 12. The molecule has 66 heavy (non-hydrogen) atoms. The molecule has 2 saturated heterocycles. The van der Waals surface area contributed by atoms with Crippen LogP contribution in [-0.2, 0) is 41.4 Å². The summed E-state index contributed by atoms with van der Waals surface area (Å²) in [5.41, 5.74) is 20.6. The number of esters is 2. The Kier molecular flexibility index (Phi) is 24.4. The van der Waals surface area contributed by atoms with Crippen molar-refractivity contribution in [2.45, 2.75) is 131 Å². The number of ether oxygens (including phenoxy) is 8. The summed E-state index contributed by atoms with van der Waals surface area (Å²) in [5, 5.41) is 8.10. The molecular formula is C50H78N6O10. The summed E-state index contributed by atoms with van der Waals surface area (Å²) in [7, 11) is 6.61. The van der Waals surface area contributed by atoms with Gasteiger partial charge in [0.1, 0.15) is 12.2 Å². The van der Waals surface area contributed by atoms with E-state index in [1.165, 1.54) is 0 Å². The zero-order valence-corrected chi connectivity index (χ0v) is 41.6. The molecule has 2 fully saturated rings. The number of benzene rings is 2. The molecule has 368 valence electrons. The third-order valence-corrected chi connectivity index (χ3v) is 12.9.